The van der Waals surface area contributed by atoms with E-state index in [1.807, 2.05) is 11.9 Å². The van der Waals surface area contributed by atoms with Gasteiger partial charge in [-0.2, -0.15) is 0 Å². The minimum Gasteiger partial charge on any atom is -0.335 e. The van der Waals surface area contributed by atoms with Crippen LogP contribution in [-0.2, 0) is 11.3 Å². The van der Waals surface area contributed by atoms with Gasteiger partial charge < -0.3 is 10.2 Å². The number of carbonyl (C=O) groups excluding carboxylic acids is 1. The minimum atomic E-state index is 0.281. The summed E-state index contributed by atoms with van der Waals surface area (Å²) in [5.74, 6) is 0.719. The summed E-state index contributed by atoms with van der Waals surface area (Å²) in [6.45, 7) is 5.88. The van der Waals surface area contributed by atoms with Crippen LogP contribution >= 0.6 is 0 Å². The molecule has 98 valence electrons. The van der Waals surface area contributed by atoms with Gasteiger partial charge in [0.15, 0.2) is 0 Å². The zero-order valence-electron chi connectivity index (χ0n) is 11.4. The van der Waals surface area contributed by atoms with Gasteiger partial charge in [-0.05, 0) is 26.5 Å². The van der Waals surface area contributed by atoms with Crippen molar-refractivity contribution in [2.24, 2.45) is 5.92 Å². The summed E-state index contributed by atoms with van der Waals surface area (Å²) in [6, 6.07) is 8.75. The van der Waals surface area contributed by atoms with Gasteiger partial charge in [0.05, 0.1) is 0 Å². The molecule has 1 aliphatic heterocycles. The molecule has 1 N–H and O–H groups in total. The summed E-state index contributed by atoms with van der Waals surface area (Å²) < 4.78 is 0. The Morgan fingerprint density at radius 3 is 2.61 bits per heavy atom. The van der Waals surface area contributed by atoms with Crippen LogP contribution in [0.2, 0.25) is 0 Å². The molecule has 1 aromatic rings. The number of nitrogens with zero attached hydrogens (tertiary/aromatic N) is 1. The quantitative estimate of drug-likeness (QED) is 0.880. The molecule has 0 aromatic heterocycles. The molecule has 2 unspecified atom stereocenters. The van der Waals surface area contributed by atoms with Gasteiger partial charge in [0.25, 0.3) is 0 Å². The molecule has 1 aliphatic rings. The first kappa shape index (κ1) is 13.1. The summed E-state index contributed by atoms with van der Waals surface area (Å²) >= 11 is 0. The van der Waals surface area contributed by atoms with Crippen molar-refractivity contribution < 1.29 is 4.79 Å². The molecule has 2 atom stereocenters. The van der Waals surface area contributed by atoms with Crippen LogP contribution in [0.1, 0.15) is 24.5 Å². The largest absolute Gasteiger partial charge is 0.335 e. The van der Waals surface area contributed by atoms with Crippen molar-refractivity contribution in [1.29, 1.82) is 0 Å². The van der Waals surface area contributed by atoms with Gasteiger partial charge in [0.2, 0.25) is 5.91 Å². The van der Waals surface area contributed by atoms with Crippen molar-refractivity contribution in [2.45, 2.75) is 32.9 Å². The Hall–Kier alpha value is -1.35. The summed E-state index contributed by atoms with van der Waals surface area (Å²) in [5.41, 5.74) is 2.47. The van der Waals surface area contributed by atoms with E-state index in [4.69, 9.17) is 0 Å². The van der Waals surface area contributed by atoms with Gasteiger partial charge in [0, 0.05) is 31.5 Å². The Labute approximate surface area is 109 Å². The van der Waals surface area contributed by atoms with Gasteiger partial charge >= 0.3 is 0 Å². The van der Waals surface area contributed by atoms with E-state index in [1.165, 1.54) is 11.1 Å². The van der Waals surface area contributed by atoms with Crippen LogP contribution in [0, 0.1) is 12.8 Å². The molecule has 0 radical (unpaired) electrons. The zero-order chi connectivity index (χ0) is 13.1. The second-order valence-electron chi connectivity index (χ2n) is 5.27. The van der Waals surface area contributed by atoms with Crippen LogP contribution in [0.25, 0.3) is 0 Å². The lowest BCUT2D eigenvalue weighted by molar-refractivity contribution is -0.129. The van der Waals surface area contributed by atoms with Crippen molar-refractivity contribution in [1.82, 2.24) is 10.2 Å². The Kier molecular flexibility index (Phi) is 4.02. The molecule has 1 amide bonds. The molecule has 0 saturated carbocycles. The predicted molar refractivity (Wildman–Crippen MR) is 73.2 cm³/mol. The van der Waals surface area contributed by atoms with E-state index in [2.05, 4.69) is 43.4 Å². The van der Waals surface area contributed by atoms with Crippen LogP contribution in [0.4, 0.5) is 0 Å². The fourth-order valence-corrected chi connectivity index (χ4v) is 2.62. The van der Waals surface area contributed by atoms with E-state index in [1.54, 1.807) is 0 Å². The van der Waals surface area contributed by atoms with Gasteiger partial charge in [-0.3, -0.25) is 4.79 Å². The lowest BCUT2D eigenvalue weighted by atomic mass is 10.0. The molecule has 1 heterocycles. The van der Waals surface area contributed by atoms with E-state index >= 15 is 0 Å². The molecule has 0 spiro atoms. The third-order valence-electron chi connectivity index (χ3n) is 3.87. The fraction of sp³-hybridized carbons (Fsp3) is 0.533. The number of carbonyl (C=O) groups is 1. The van der Waals surface area contributed by atoms with E-state index in [0.29, 0.717) is 18.4 Å². The van der Waals surface area contributed by atoms with Crippen LogP contribution in [-0.4, -0.2) is 30.4 Å². The van der Waals surface area contributed by atoms with Crippen LogP contribution in [0.15, 0.2) is 24.3 Å². The molecule has 1 aromatic carbocycles. The smallest absolute Gasteiger partial charge is 0.223 e. The second kappa shape index (κ2) is 5.53. The average molecular weight is 246 g/mol. The molecule has 0 bridgehead atoms. The highest BCUT2D eigenvalue weighted by Crippen LogP contribution is 2.26. The summed E-state index contributed by atoms with van der Waals surface area (Å²) in [4.78, 5) is 14.0. The monoisotopic (exact) mass is 246 g/mol. The number of amides is 1. The first-order chi connectivity index (χ1) is 8.61. The van der Waals surface area contributed by atoms with Crippen molar-refractivity contribution in [3.8, 4) is 0 Å². The van der Waals surface area contributed by atoms with Gasteiger partial charge in [-0.1, -0.05) is 29.8 Å². The van der Waals surface area contributed by atoms with Gasteiger partial charge in [-0.25, -0.2) is 0 Å². The van der Waals surface area contributed by atoms with E-state index in [9.17, 15) is 4.79 Å². The second-order valence-corrected chi connectivity index (χ2v) is 5.27. The number of rotatable bonds is 4. The molecule has 0 aliphatic carbocycles. The predicted octanol–water partition coefficient (Wildman–Crippen LogP) is 1.95. The number of nitrogens with one attached hydrogen (secondary N) is 1. The van der Waals surface area contributed by atoms with E-state index < -0.39 is 0 Å². The fourth-order valence-electron chi connectivity index (χ4n) is 2.62. The third kappa shape index (κ3) is 2.72. The lowest BCUT2D eigenvalue weighted by Gasteiger charge is -2.25. The average Bonchev–Trinajstić information content (AvgIpc) is 2.60. The normalized spacial score (nSPS) is 23.7. The maximum absolute atomic E-state index is 12.0. The van der Waals surface area contributed by atoms with E-state index in [0.717, 1.165) is 13.1 Å². The standard InChI is InChI=1S/C15H22N2O/c1-11-4-6-13(7-5-11)10-17-12(2)14(9-16-3)8-15(17)18/h4-7,12,14,16H,8-10H2,1-3H3. The molecule has 1 saturated heterocycles. The topological polar surface area (TPSA) is 32.3 Å². The van der Waals surface area contributed by atoms with Crippen LogP contribution in [0.5, 0.6) is 0 Å². The van der Waals surface area contributed by atoms with Crippen LogP contribution in [0.3, 0.4) is 0 Å². The maximum Gasteiger partial charge on any atom is 0.223 e. The first-order valence-electron chi connectivity index (χ1n) is 6.61. The summed E-state index contributed by atoms with van der Waals surface area (Å²) in [7, 11) is 1.94. The van der Waals surface area contributed by atoms with Crippen molar-refractivity contribution >= 4 is 5.91 Å². The Morgan fingerprint density at radius 1 is 1.33 bits per heavy atom. The van der Waals surface area contributed by atoms with Crippen molar-refractivity contribution in [2.75, 3.05) is 13.6 Å². The van der Waals surface area contributed by atoms with Crippen LogP contribution < -0.4 is 5.32 Å². The van der Waals surface area contributed by atoms with Crippen molar-refractivity contribution in [3.05, 3.63) is 35.4 Å². The highest BCUT2D eigenvalue weighted by Gasteiger charge is 2.35. The number of likely N-dealkylation sites (tertiary alicyclic amines) is 1. The number of benzene rings is 1. The zero-order valence-corrected chi connectivity index (χ0v) is 11.4. The Bertz CT molecular complexity index is 413. The van der Waals surface area contributed by atoms with Gasteiger partial charge in [-0.15, -0.1) is 0 Å². The van der Waals surface area contributed by atoms with E-state index in [-0.39, 0.29) is 5.91 Å². The number of aryl methyl sites for hydroxylation is 1. The molecule has 3 nitrogen and oxygen atoms in total. The number of hydrogen-bond donors (Lipinski definition) is 1. The molecule has 1 fully saturated rings. The van der Waals surface area contributed by atoms with Crippen molar-refractivity contribution in [3.63, 3.8) is 0 Å². The summed E-state index contributed by atoms with van der Waals surface area (Å²) in [6.07, 6.45) is 0.674. The molecule has 18 heavy (non-hydrogen) atoms. The number of hydrogen-bond acceptors (Lipinski definition) is 2. The first-order valence-corrected chi connectivity index (χ1v) is 6.61. The molecular weight excluding hydrogens is 224 g/mol. The molecule has 2 rings (SSSR count). The minimum absolute atomic E-state index is 0.281. The molecular formula is C15H22N2O. The Morgan fingerprint density at radius 2 is 2.00 bits per heavy atom. The SMILES string of the molecule is CNCC1CC(=O)N(Cc2ccc(C)cc2)C1C. The molecule has 3 heteroatoms. The lowest BCUT2D eigenvalue weighted by Crippen LogP contribution is -2.34. The highest BCUT2D eigenvalue weighted by atomic mass is 16.2. The highest BCUT2D eigenvalue weighted by molar-refractivity contribution is 5.79. The maximum atomic E-state index is 12.0. The van der Waals surface area contributed by atoms with Gasteiger partial charge in [0.1, 0.15) is 0 Å². The Balaban J connectivity index is 2.04. The third-order valence-corrected chi connectivity index (χ3v) is 3.87. The summed E-state index contributed by atoms with van der Waals surface area (Å²) in [5, 5.41) is 3.17.